The van der Waals surface area contributed by atoms with E-state index >= 15 is 0 Å². The Morgan fingerprint density at radius 3 is 2.12 bits per heavy atom. The number of para-hydroxylation sites is 4. The van der Waals surface area contributed by atoms with Crippen LogP contribution >= 0.6 is 0 Å². The van der Waals surface area contributed by atoms with E-state index in [-0.39, 0.29) is 36.9 Å². The summed E-state index contributed by atoms with van der Waals surface area (Å²) in [5.41, 5.74) is 8.13. The molecule has 0 saturated heterocycles. The number of amides is 2. The molecule has 0 atom stereocenters. The van der Waals surface area contributed by atoms with Gasteiger partial charge in [0.2, 0.25) is 11.8 Å². The molecule has 0 bridgehead atoms. The second-order valence-electron chi connectivity index (χ2n) is 7.67. The lowest BCUT2D eigenvalue weighted by molar-refractivity contribution is -0.128. The second kappa shape index (κ2) is 9.09. The van der Waals surface area contributed by atoms with Crippen LogP contribution in [0.3, 0.4) is 0 Å². The van der Waals surface area contributed by atoms with Crippen LogP contribution < -0.4 is 16.5 Å². The number of carbonyl (C=O) groups is 2. The number of fused-ring (bicyclic) bond motifs is 2. The van der Waals surface area contributed by atoms with E-state index in [0.29, 0.717) is 12.4 Å². The third-order valence-corrected chi connectivity index (χ3v) is 5.47. The minimum atomic E-state index is -0.373. The Hall–Kier alpha value is -3.88. The normalized spacial score (nSPS) is 11.2. The number of hydrogen-bond donors (Lipinski definition) is 2. The summed E-state index contributed by atoms with van der Waals surface area (Å²) < 4.78 is 5.19. The Morgan fingerprint density at radius 2 is 1.47 bits per heavy atom. The zero-order valence-electron chi connectivity index (χ0n) is 18.2. The van der Waals surface area contributed by atoms with Gasteiger partial charge in [0.25, 0.3) is 0 Å². The first-order valence-corrected chi connectivity index (χ1v) is 10.7. The number of rotatable bonds is 7. The summed E-state index contributed by atoms with van der Waals surface area (Å²) >= 11 is 0. The minimum absolute atomic E-state index is 0.0371. The summed E-state index contributed by atoms with van der Waals surface area (Å²) in [6, 6.07) is 15.2. The lowest BCUT2D eigenvalue weighted by atomic mass is 10.3. The van der Waals surface area contributed by atoms with Gasteiger partial charge in [-0.05, 0) is 30.7 Å². The smallest absolute Gasteiger partial charge is 0.329 e. The summed E-state index contributed by atoms with van der Waals surface area (Å²) in [5.74, 6) is -0.135. The van der Waals surface area contributed by atoms with Crippen molar-refractivity contribution in [1.29, 1.82) is 0 Å². The highest BCUT2D eigenvalue weighted by Gasteiger charge is 2.15. The molecule has 9 nitrogen and oxygen atoms in total. The molecule has 32 heavy (non-hydrogen) atoms. The van der Waals surface area contributed by atoms with Crippen molar-refractivity contribution in [1.82, 2.24) is 29.5 Å². The van der Waals surface area contributed by atoms with E-state index in [1.54, 1.807) is 9.13 Å². The Balaban J connectivity index is 1.35. The van der Waals surface area contributed by atoms with E-state index in [4.69, 9.17) is 0 Å². The van der Waals surface area contributed by atoms with Gasteiger partial charge in [0.15, 0.2) is 0 Å². The van der Waals surface area contributed by atoms with Crippen LogP contribution in [0, 0.1) is 0 Å². The molecular formula is C23H26N6O3. The third kappa shape index (κ3) is 4.14. The molecule has 0 spiro atoms. The molecule has 0 aliphatic rings. The molecule has 0 aliphatic heterocycles. The van der Waals surface area contributed by atoms with Crippen molar-refractivity contribution >= 4 is 33.9 Å². The van der Waals surface area contributed by atoms with Gasteiger partial charge in [-0.3, -0.25) is 29.6 Å². The number of nitrogens with zero attached hydrogens (tertiary/aromatic N) is 4. The number of carbonyl (C=O) groups excluding carboxylic acids is 2. The Bertz CT molecular complexity index is 1350. The van der Waals surface area contributed by atoms with Crippen molar-refractivity contribution in [2.24, 2.45) is 7.05 Å². The van der Waals surface area contributed by atoms with E-state index in [9.17, 15) is 14.4 Å². The van der Waals surface area contributed by atoms with Crippen molar-refractivity contribution < 1.29 is 9.59 Å². The molecule has 166 valence electrons. The molecule has 0 aliphatic carbocycles. The fraction of sp³-hybridized carbons (Fsp3) is 0.304. The van der Waals surface area contributed by atoms with Crippen molar-refractivity contribution in [2.75, 3.05) is 0 Å². The lowest BCUT2D eigenvalue weighted by Gasteiger charge is -2.08. The number of hydrazine groups is 1. The van der Waals surface area contributed by atoms with Gasteiger partial charge in [0, 0.05) is 26.6 Å². The molecular weight excluding hydrogens is 408 g/mol. The van der Waals surface area contributed by atoms with Crippen LogP contribution in [0.5, 0.6) is 0 Å². The highest BCUT2D eigenvalue weighted by molar-refractivity contribution is 5.84. The lowest BCUT2D eigenvalue weighted by Crippen LogP contribution is -2.43. The van der Waals surface area contributed by atoms with E-state index in [1.807, 2.05) is 67.1 Å². The average Bonchev–Trinajstić information content (AvgIpc) is 3.25. The molecule has 4 rings (SSSR count). The monoisotopic (exact) mass is 434 g/mol. The minimum Gasteiger partial charge on any atom is -0.331 e. The number of aryl methyl sites for hydroxylation is 3. The summed E-state index contributed by atoms with van der Waals surface area (Å²) in [7, 11) is 1.85. The highest BCUT2D eigenvalue weighted by atomic mass is 16.2. The Labute approximate surface area is 184 Å². The van der Waals surface area contributed by atoms with Crippen LogP contribution in [0.1, 0.15) is 25.6 Å². The van der Waals surface area contributed by atoms with Crippen molar-refractivity contribution in [3.63, 3.8) is 0 Å². The van der Waals surface area contributed by atoms with Crippen molar-refractivity contribution in [3.05, 3.63) is 64.8 Å². The van der Waals surface area contributed by atoms with Crippen LogP contribution in [0.4, 0.5) is 0 Å². The fourth-order valence-electron chi connectivity index (χ4n) is 3.88. The first-order valence-electron chi connectivity index (χ1n) is 10.7. The SMILES string of the molecule is CCCn1c(=O)n(CCC(=O)NNC(=O)Cc2nc3ccccc3n2C)c2ccccc21. The van der Waals surface area contributed by atoms with Gasteiger partial charge in [0.1, 0.15) is 5.82 Å². The number of aromatic nitrogens is 4. The molecule has 2 amide bonds. The van der Waals surface area contributed by atoms with Crippen LogP contribution in [-0.2, 0) is 36.1 Å². The maximum Gasteiger partial charge on any atom is 0.329 e. The number of nitrogens with one attached hydrogen (secondary N) is 2. The van der Waals surface area contributed by atoms with Gasteiger partial charge in [-0.15, -0.1) is 0 Å². The topological polar surface area (TPSA) is 103 Å². The molecule has 2 aromatic carbocycles. The van der Waals surface area contributed by atoms with Gasteiger partial charge in [0.05, 0.1) is 28.5 Å². The number of hydrogen-bond acceptors (Lipinski definition) is 4. The summed E-state index contributed by atoms with van der Waals surface area (Å²) in [6.07, 6.45) is 0.939. The third-order valence-electron chi connectivity index (χ3n) is 5.47. The first kappa shape index (κ1) is 21.4. The molecule has 0 saturated carbocycles. The Morgan fingerprint density at radius 1 is 0.875 bits per heavy atom. The summed E-state index contributed by atoms with van der Waals surface area (Å²) in [4.78, 5) is 41.8. The summed E-state index contributed by atoms with van der Waals surface area (Å²) in [6.45, 7) is 2.86. The van der Waals surface area contributed by atoms with Gasteiger partial charge in [-0.1, -0.05) is 31.2 Å². The van der Waals surface area contributed by atoms with Gasteiger partial charge < -0.3 is 4.57 Å². The molecule has 0 unspecified atom stereocenters. The van der Waals surface area contributed by atoms with E-state index in [0.717, 1.165) is 28.5 Å². The fourth-order valence-corrected chi connectivity index (χ4v) is 3.88. The predicted octanol–water partition coefficient (Wildman–Crippen LogP) is 1.88. The quantitative estimate of drug-likeness (QED) is 0.434. The number of imidazole rings is 2. The van der Waals surface area contributed by atoms with Crippen molar-refractivity contribution in [2.45, 2.75) is 39.3 Å². The zero-order valence-corrected chi connectivity index (χ0v) is 18.2. The standard InChI is InChI=1S/C23H26N6O3/c1-3-13-28-18-10-6-7-11-19(18)29(23(28)32)14-12-21(30)25-26-22(31)15-20-24-16-8-4-5-9-17(16)27(20)2/h4-11H,3,12-15H2,1-2H3,(H,25,30)(H,26,31). The van der Waals surface area contributed by atoms with Crippen LogP contribution in [0.15, 0.2) is 53.3 Å². The molecule has 0 fully saturated rings. The molecule has 2 heterocycles. The molecule has 9 heteroatoms. The Kier molecular flexibility index (Phi) is 6.07. The van der Waals surface area contributed by atoms with Crippen LogP contribution in [-0.4, -0.2) is 30.5 Å². The van der Waals surface area contributed by atoms with E-state index < -0.39 is 0 Å². The van der Waals surface area contributed by atoms with Crippen LogP contribution in [0.2, 0.25) is 0 Å². The van der Waals surface area contributed by atoms with Crippen LogP contribution in [0.25, 0.3) is 22.1 Å². The second-order valence-corrected chi connectivity index (χ2v) is 7.67. The average molecular weight is 435 g/mol. The van der Waals surface area contributed by atoms with E-state index in [2.05, 4.69) is 15.8 Å². The first-order chi connectivity index (χ1) is 15.5. The summed E-state index contributed by atoms with van der Waals surface area (Å²) in [5, 5.41) is 0. The van der Waals surface area contributed by atoms with E-state index in [1.165, 1.54) is 0 Å². The highest BCUT2D eigenvalue weighted by Crippen LogP contribution is 2.15. The molecule has 4 aromatic rings. The number of benzene rings is 2. The molecule has 2 aromatic heterocycles. The van der Waals surface area contributed by atoms with Gasteiger partial charge in [-0.25, -0.2) is 9.78 Å². The molecule has 0 radical (unpaired) electrons. The maximum atomic E-state index is 12.8. The van der Waals surface area contributed by atoms with Gasteiger partial charge in [-0.2, -0.15) is 0 Å². The van der Waals surface area contributed by atoms with Crippen molar-refractivity contribution in [3.8, 4) is 0 Å². The van der Waals surface area contributed by atoms with Gasteiger partial charge >= 0.3 is 5.69 Å². The molecule has 2 N–H and O–H groups in total. The predicted molar refractivity (Wildman–Crippen MR) is 122 cm³/mol. The maximum absolute atomic E-state index is 12.8. The largest absolute Gasteiger partial charge is 0.331 e. The zero-order chi connectivity index (χ0) is 22.7.